The summed E-state index contributed by atoms with van der Waals surface area (Å²) in [5, 5.41) is 4.15. The molecule has 1 aliphatic heterocycles. The number of anilines is 5. The monoisotopic (exact) mass is 882 g/mol. The average Bonchev–Trinajstić information content (AvgIpc) is 3.49. The maximum atomic E-state index is 4.15. The maximum Gasteiger partial charge on any atom is 0.197 e. The maximum absolute atomic E-state index is 4.15. The lowest BCUT2D eigenvalue weighted by atomic mass is 9.55. The van der Waals surface area contributed by atoms with E-state index in [-0.39, 0.29) is 37.9 Å². The number of nitrogens with zero attached hydrogens (tertiary/aromatic N) is 1. The highest BCUT2D eigenvalue weighted by Crippen LogP contribution is 2.55. The largest absolute Gasteiger partial charge is 0.355 e. The van der Waals surface area contributed by atoms with Gasteiger partial charge in [0.15, 0.2) is 7.28 Å². The Morgan fingerprint density at radius 2 is 0.955 bits per heavy atom. The fourth-order valence-corrected chi connectivity index (χ4v) is 13.4. The lowest BCUT2D eigenvalue weighted by Crippen LogP contribution is -2.44. The summed E-state index contributed by atoms with van der Waals surface area (Å²) >= 11 is 0. The van der Waals surface area contributed by atoms with E-state index in [1.54, 1.807) is 0 Å². The summed E-state index contributed by atoms with van der Waals surface area (Å²) in [5.41, 5.74) is 27.5. The van der Waals surface area contributed by atoms with Crippen LogP contribution in [0.25, 0.3) is 22.3 Å². The van der Waals surface area contributed by atoms with Gasteiger partial charge in [0, 0.05) is 39.4 Å². The van der Waals surface area contributed by atoms with Gasteiger partial charge in [-0.1, -0.05) is 151 Å². The summed E-state index contributed by atoms with van der Waals surface area (Å²) in [5.74, 6) is 0. The number of hydrogen-bond acceptors (Lipinski definition) is 2. The van der Waals surface area contributed by atoms with E-state index in [0.29, 0.717) is 0 Å². The van der Waals surface area contributed by atoms with Gasteiger partial charge >= 0.3 is 0 Å². The van der Waals surface area contributed by atoms with Crippen molar-refractivity contribution in [3.63, 3.8) is 0 Å². The Kier molecular flexibility index (Phi) is 9.48. The van der Waals surface area contributed by atoms with Crippen molar-refractivity contribution in [3.8, 4) is 22.3 Å². The Morgan fingerprint density at radius 3 is 1.58 bits per heavy atom. The zero-order valence-electron chi connectivity index (χ0n) is 43.5. The molecule has 0 atom stereocenters. The molecule has 0 spiro atoms. The number of fused-ring (bicyclic) bond motifs is 8. The Bertz CT molecular complexity index is 3080. The molecule has 6 aromatic carbocycles. The molecule has 4 aliphatic carbocycles. The Hall–Kier alpha value is -5.02. The predicted molar refractivity (Wildman–Crippen MR) is 289 cm³/mol. The van der Waals surface area contributed by atoms with Gasteiger partial charge in [0.2, 0.25) is 0 Å². The van der Waals surface area contributed by atoms with Crippen LogP contribution >= 0.6 is 0 Å². The van der Waals surface area contributed by atoms with Gasteiger partial charge in [-0.15, -0.1) is 0 Å². The van der Waals surface area contributed by atoms with Crippen molar-refractivity contribution in [1.82, 2.24) is 0 Å². The van der Waals surface area contributed by atoms with E-state index in [9.17, 15) is 0 Å². The topological polar surface area (TPSA) is 15.3 Å². The zero-order chi connectivity index (χ0) is 47.6. The minimum Gasteiger partial charge on any atom is -0.355 e. The molecule has 0 saturated heterocycles. The Labute approximate surface area is 404 Å². The van der Waals surface area contributed by atoms with Crippen molar-refractivity contribution in [2.24, 2.45) is 0 Å². The van der Waals surface area contributed by atoms with Crippen molar-refractivity contribution in [1.29, 1.82) is 0 Å². The van der Waals surface area contributed by atoms with E-state index in [0.717, 1.165) is 11.4 Å². The second-order valence-corrected chi connectivity index (χ2v) is 26.2. The molecule has 67 heavy (non-hydrogen) atoms. The zero-order valence-corrected chi connectivity index (χ0v) is 43.5. The van der Waals surface area contributed by atoms with Crippen LogP contribution in [0.15, 0.2) is 97.1 Å². The number of benzene rings is 6. The van der Waals surface area contributed by atoms with Crippen LogP contribution in [0.5, 0.6) is 0 Å². The number of nitrogens with one attached hydrogen (secondary N) is 1. The Morgan fingerprint density at radius 1 is 0.418 bits per heavy atom. The minimum atomic E-state index is -0.145. The third kappa shape index (κ3) is 6.77. The predicted octanol–water partition coefficient (Wildman–Crippen LogP) is 16.2. The van der Waals surface area contributed by atoms with Crippen molar-refractivity contribution in [2.75, 3.05) is 10.2 Å². The Balaban J connectivity index is 1.17. The van der Waals surface area contributed by atoms with E-state index in [1.165, 1.54) is 139 Å². The van der Waals surface area contributed by atoms with Crippen molar-refractivity contribution in [2.45, 2.75) is 180 Å². The molecule has 343 valence electrons. The first-order valence-corrected chi connectivity index (χ1v) is 25.6. The molecule has 1 radical (unpaired) electrons. The fraction of sp³-hybridized carbons (Fsp3) is 0.438. The molecule has 11 rings (SSSR count). The second-order valence-electron chi connectivity index (χ2n) is 26.2. The van der Waals surface area contributed by atoms with Crippen LogP contribution in [-0.2, 0) is 37.9 Å². The first-order chi connectivity index (χ1) is 31.3. The molecule has 0 bridgehead atoms. The number of hydrogen-bond donors (Lipinski definition) is 1. The standard InChI is InChI=1S/C64H74BN2/c1-38-30-44(43-34-48-42(41-18-16-17-19-45(41)64(48,14)15)35-54(43)66-39-20-22-46-49(32-39)60(6,7)26-24-58(46,2)3)57-56(31-38)67(40-21-23-47-50(33-40)61(8,9)27-25-59(47,4)5)55-37-52-51(36-53(55)65-57)62(10,11)28-29-63(52,12)13/h16-23,30-37,66H,24-29H2,1-15H3. The highest BCUT2D eigenvalue weighted by molar-refractivity contribution is 6.73. The van der Waals surface area contributed by atoms with E-state index < -0.39 is 0 Å². The molecule has 0 amide bonds. The molecule has 0 aromatic heterocycles. The van der Waals surface area contributed by atoms with E-state index in [1.807, 2.05) is 0 Å². The summed E-state index contributed by atoms with van der Waals surface area (Å²) in [6.45, 7) is 36.6. The van der Waals surface area contributed by atoms with Gasteiger partial charge in [0.25, 0.3) is 0 Å². The van der Waals surface area contributed by atoms with Crippen molar-refractivity contribution < 1.29 is 0 Å². The lowest BCUT2D eigenvalue weighted by molar-refractivity contribution is 0.332. The SMILES string of the molecule is Cc1cc(-c2cc3c(cc2Nc2ccc4c(c2)C(C)(C)CCC4(C)C)-c2ccccc2C3(C)C)c2c(c1)N(c1ccc3c(c1)C(C)(C)CCC3(C)C)c1cc3c(cc1[B]2)C(C)(C)CCC3(C)C. The van der Waals surface area contributed by atoms with E-state index in [4.69, 9.17) is 0 Å². The highest BCUT2D eigenvalue weighted by Gasteiger charge is 2.43. The summed E-state index contributed by atoms with van der Waals surface area (Å²) < 4.78 is 0. The van der Waals surface area contributed by atoms with Crippen LogP contribution in [0.2, 0.25) is 0 Å². The molecule has 1 N–H and O–H groups in total. The molecule has 6 aromatic rings. The molecular formula is C64H74BN2. The summed E-state index contributed by atoms with van der Waals surface area (Å²) in [6.07, 6.45) is 7.16. The van der Waals surface area contributed by atoms with Gasteiger partial charge in [-0.2, -0.15) is 0 Å². The molecule has 0 saturated carbocycles. The third-order valence-electron chi connectivity index (χ3n) is 18.3. The first-order valence-electron chi connectivity index (χ1n) is 25.6. The van der Waals surface area contributed by atoms with Gasteiger partial charge in [0.05, 0.1) is 0 Å². The van der Waals surface area contributed by atoms with Crippen molar-refractivity contribution in [3.05, 3.63) is 147 Å². The summed E-state index contributed by atoms with van der Waals surface area (Å²) in [4.78, 5) is 2.66. The average molecular weight is 882 g/mol. The quantitative estimate of drug-likeness (QED) is 0.177. The van der Waals surface area contributed by atoms with Crippen LogP contribution in [-0.4, -0.2) is 7.28 Å². The van der Waals surface area contributed by atoms with Crippen LogP contribution in [0, 0.1) is 6.92 Å². The normalized spacial score (nSPS) is 21.0. The molecule has 0 unspecified atom stereocenters. The summed E-state index contributed by atoms with van der Waals surface area (Å²) in [7, 11) is 2.56. The van der Waals surface area contributed by atoms with Gasteiger partial charge in [-0.05, 0) is 199 Å². The minimum absolute atomic E-state index is 0.0858. The van der Waals surface area contributed by atoms with Crippen LogP contribution < -0.4 is 21.1 Å². The molecule has 0 fully saturated rings. The van der Waals surface area contributed by atoms with Gasteiger partial charge in [0.1, 0.15) is 0 Å². The number of aryl methyl sites for hydroxylation is 1. The van der Waals surface area contributed by atoms with Gasteiger partial charge in [-0.3, -0.25) is 0 Å². The van der Waals surface area contributed by atoms with Gasteiger partial charge < -0.3 is 10.2 Å². The molecule has 5 aliphatic rings. The van der Waals surface area contributed by atoms with Crippen LogP contribution in [0.1, 0.15) is 186 Å². The lowest BCUT2D eigenvalue weighted by Gasteiger charge is -2.45. The molecular weight excluding hydrogens is 808 g/mol. The van der Waals surface area contributed by atoms with Gasteiger partial charge in [-0.25, -0.2) is 0 Å². The first kappa shape index (κ1) is 44.5. The van der Waals surface area contributed by atoms with Crippen molar-refractivity contribution >= 4 is 46.6 Å². The molecule has 3 heteroatoms. The highest BCUT2D eigenvalue weighted by atomic mass is 15.2. The van der Waals surface area contributed by atoms with E-state index in [2.05, 4.69) is 218 Å². The second kappa shape index (κ2) is 14.3. The van der Waals surface area contributed by atoms with Crippen LogP contribution in [0.3, 0.4) is 0 Å². The molecule has 1 heterocycles. The van der Waals surface area contributed by atoms with Crippen LogP contribution in [0.4, 0.5) is 28.4 Å². The number of rotatable bonds is 4. The molecule has 2 nitrogen and oxygen atoms in total. The summed E-state index contributed by atoms with van der Waals surface area (Å²) in [6, 6.07) is 39.0. The fourth-order valence-electron chi connectivity index (χ4n) is 13.4. The van der Waals surface area contributed by atoms with E-state index >= 15 is 0 Å². The third-order valence-corrected chi connectivity index (χ3v) is 18.3. The smallest absolute Gasteiger partial charge is 0.197 e.